The van der Waals surface area contributed by atoms with Gasteiger partial charge in [0.05, 0.1) is 0 Å². The van der Waals surface area contributed by atoms with Gasteiger partial charge in [-0.1, -0.05) is 28.0 Å². The van der Waals surface area contributed by atoms with Gasteiger partial charge in [-0.25, -0.2) is 4.98 Å². The molecule has 0 saturated carbocycles. The number of hydrogen-bond acceptors (Lipinski definition) is 5. The maximum absolute atomic E-state index is 5.47. The van der Waals surface area contributed by atoms with Gasteiger partial charge in [0.1, 0.15) is 11.3 Å². The van der Waals surface area contributed by atoms with Crippen molar-refractivity contribution in [2.45, 2.75) is 19.3 Å². The summed E-state index contributed by atoms with van der Waals surface area (Å²) in [7, 11) is 0. The zero-order valence-corrected chi connectivity index (χ0v) is 13.7. The lowest BCUT2D eigenvalue weighted by Crippen LogP contribution is -2.14. The molecule has 0 aromatic carbocycles. The Hall–Kier alpha value is -1.73. The van der Waals surface area contributed by atoms with Crippen molar-refractivity contribution in [3.8, 4) is 11.5 Å². The van der Waals surface area contributed by atoms with Crippen LogP contribution in [0.1, 0.15) is 25.2 Å². The van der Waals surface area contributed by atoms with Crippen molar-refractivity contribution in [2.24, 2.45) is 5.92 Å². The summed E-state index contributed by atoms with van der Waals surface area (Å²) in [4.78, 5) is 9.10. The van der Waals surface area contributed by atoms with Crippen molar-refractivity contribution in [3.05, 3.63) is 34.9 Å². The molecule has 0 amide bonds. The van der Waals surface area contributed by atoms with Gasteiger partial charge in [0, 0.05) is 22.8 Å². The van der Waals surface area contributed by atoms with Crippen LogP contribution in [-0.2, 0) is 0 Å². The van der Waals surface area contributed by atoms with Crippen LogP contribution in [0, 0.1) is 5.92 Å². The van der Waals surface area contributed by atoms with E-state index >= 15 is 0 Å². The fourth-order valence-electron chi connectivity index (χ4n) is 2.89. The number of pyridine rings is 1. The molecule has 3 aromatic rings. The highest BCUT2D eigenvalue weighted by atomic mass is 79.9. The van der Waals surface area contributed by atoms with Crippen molar-refractivity contribution >= 4 is 21.6 Å². The van der Waals surface area contributed by atoms with Gasteiger partial charge in [0.25, 0.3) is 0 Å². The number of imidazole rings is 1. The second-order valence-electron chi connectivity index (χ2n) is 5.73. The molecule has 7 heteroatoms. The molecule has 1 saturated heterocycles. The van der Waals surface area contributed by atoms with Gasteiger partial charge in [-0.2, -0.15) is 4.98 Å². The van der Waals surface area contributed by atoms with E-state index in [9.17, 15) is 0 Å². The van der Waals surface area contributed by atoms with E-state index in [0.717, 1.165) is 35.3 Å². The lowest BCUT2D eigenvalue weighted by Gasteiger charge is -2.12. The fraction of sp³-hybridized carbons (Fsp3) is 0.400. The second-order valence-corrected chi connectivity index (χ2v) is 6.65. The van der Waals surface area contributed by atoms with Crippen LogP contribution < -0.4 is 5.32 Å². The largest absolute Gasteiger partial charge is 0.339 e. The molecule has 2 unspecified atom stereocenters. The van der Waals surface area contributed by atoms with Crippen LogP contribution >= 0.6 is 15.9 Å². The molecule has 0 spiro atoms. The maximum atomic E-state index is 5.47. The highest BCUT2D eigenvalue weighted by Crippen LogP contribution is 2.29. The molecular formula is C15H16BrN5O. The minimum Gasteiger partial charge on any atom is -0.339 e. The SMILES string of the molecule is CC(c1nc(-c2cn3ccc(Br)cc3n2)no1)C1CCNC1. The van der Waals surface area contributed by atoms with E-state index in [2.05, 4.69) is 43.3 Å². The van der Waals surface area contributed by atoms with Gasteiger partial charge in [0.2, 0.25) is 11.7 Å². The standard InChI is InChI=1S/C15H16BrN5O/c1-9(10-2-4-17-7-10)15-19-14(20-22-15)12-8-21-5-3-11(16)6-13(21)18-12/h3,5-6,8-10,17H,2,4,7H2,1H3. The van der Waals surface area contributed by atoms with Crippen LogP contribution in [0.2, 0.25) is 0 Å². The van der Waals surface area contributed by atoms with Gasteiger partial charge < -0.3 is 14.2 Å². The van der Waals surface area contributed by atoms with Gasteiger partial charge in [-0.15, -0.1) is 0 Å². The highest BCUT2D eigenvalue weighted by Gasteiger charge is 2.27. The number of rotatable bonds is 3. The summed E-state index contributed by atoms with van der Waals surface area (Å²) in [6, 6.07) is 3.92. The van der Waals surface area contributed by atoms with Gasteiger partial charge in [0.15, 0.2) is 0 Å². The van der Waals surface area contributed by atoms with Crippen LogP contribution in [0.5, 0.6) is 0 Å². The first-order valence-corrected chi connectivity index (χ1v) is 8.19. The molecule has 1 aliphatic heterocycles. The monoisotopic (exact) mass is 361 g/mol. The van der Waals surface area contributed by atoms with Crippen LogP contribution in [0.4, 0.5) is 0 Å². The average molecular weight is 362 g/mol. The molecular weight excluding hydrogens is 346 g/mol. The molecule has 1 aliphatic rings. The Morgan fingerprint density at radius 2 is 2.36 bits per heavy atom. The Kier molecular flexibility index (Phi) is 3.46. The van der Waals surface area contributed by atoms with Crippen LogP contribution in [0.25, 0.3) is 17.2 Å². The number of nitrogens with zero attached hydrogens (tertiary/aromatic N) is 4. The summed E-state index contributed by atoms with van der Waals surface area (Å²) < 4.78 is 8.40. The summed E-state index contributed by atoms with van der Waals surface area (Å²) in [6.07, 6.45) is 5.02. The molecule has 0 aliphatic carbocycles. The zero-order valence-electron chi connectivity index (χ0n) is 12.2. The van der Waals surface area contributed by atoms with Crippen LogP contribution in [0.15, 0.2) is 33.5 Å². The molecule has 1 fully saturated rings. The lowest BCUT2D eigenvalue weighted by atomic mass is 9.93. The van der Waals surface area contributed by atoms with Crippen molar-refractivity contribution in [2.75, 3.05) is 13.1 Å². The Balaban J connectivity index is 1.64. The first-order valence-electron chi connectivity index (χ1n) is 7.39. The normalized spacial score (nSPS) is 19.8. The zero-order chi connectivity index (χ0) is 15.1. The molecule has 1 N–H and O–H groups in total. The quantitative estimate of drug-likeness (QED) is 0.776. The van der Waals surface area contributed by atoms with Crippen LogP contribution in [0.3, 0.4) is 0 Å². The van der Waals surface area contributed by atoms with E-state index in [4.69, 9.17) is 4.52 Å². The summed E-state index contributed by atoms with van der Waals surface area (Å²) >= 11 is 3.45. The van der Waals surface area contributed by atoms with E-state index in [1.165, 1.54) is 0 Å². The van der Waals surface area contributed by atoms with Crippen LogP contribution in [-0.4, -0.2) is 32.6 Å². The number of fused-ring (bicyclic) bond motifs is 1. The third-order valence-electron chi connectivity index (χ3n) is 4.29. The first kappa shape index (κ1) is 13.9. The smallest absolute Gasteiger partial charge is 0.230 e. The van der Waals surface area contributed by atoms with Crippen molar-refractivity contribution < 1.29 is 4.52 Å². The van der Waals surface area contributed by atoms with E-state index in [0.29, 0.717) is 17.6 Å². The Morgan fingerprint density at radius 1 is 1.45 bits per heavy atom. The van der Waals surface area contributed by atoms with E-state index in [1.54, 1.807) is 0 Å². The van der Waals surface area contributed by atoms with Gasteiger partial charge in [-0.05, 0) is 37.6 Å². The molecule has 4 heterocycles. The molecule has 6 nitrogen and oxygen atoms in total. The Morgan fingerprint density at radius 3 is 3.18 bits per heavy atom. The van der Waals surface area contributed by atoms with E-state index in [1.807, 2.05) is 28.9 Å². The number of aromatic nitrogens is 4. The number of hydrogen-bond donors (Lipinski definition) is 1. The Labute approximate surface area is 136 Å². The third kappa shape index (κ3) is 2.44. The second kappa shape index (κ2) is 5.48. The topological polar surface area (TPSA) is 68.2 Å². The molecule has 0 radical (unpaired) electrons. The predicted molar refractivity (Wildman–Crippen MR) is 85.6 cm³/mol. The minimum absolute atomic E-state index is 0.266. The van der Waals surface area contributed by atoms with Crippen molar-refractivity contribution in [1.29, 1.82) is 0 Å². The minimum atomic E-state index is 0.266. The fourth-order valence-corrected chi connectivity index (χ4v) is 3.22. The molecule has 0 bridgehead atoms. The molecule has 22 heavy (non-hydrogen) atoms. The molecule has 114 valence electrons. The molecule has 4 rings (SSSR count). The van der Waals surface area contributed by atoms with E-state index in [-0.39, 0.29) is 5.92 Å². The van der Waals surface area contributed by atoms with Crippen molar-refractivity contribution in [1.82, 2.24) is 24.8 Å². The third-order valence-corrected chi connectivity index (χ3v) is 4.78. The number of halogens is 1. The maximum Gasteiger partial charge on any atom is 0.230 e. The number of nitrogens with one attached hydrogen (secondary N) is 1. The van der Waals surface area contributed by atoms with E-state index < -0.39 is 0 Å². The molecule has 3 aromatic heterocycles. The summed E-state index contributed by atoms with van der Waals surface area (Å²) in [6.45, 7) is 4.23. The predicted octanol–water partition coefficient (Wildman–Crippen LogP) is 2.86. The van der Waals surface area contributed by atoms with Gasteiger partial charge in [-0.3, -0.25) is 0 Å². The van der Waals surface area contributed by atoms with Gasteiger partial charge >= 0.3 is 0 Å². The first-order chi connectivity index (χ1) is 10.7. The lowest BCUT2D eigenvalue weighted by molar-refractivity contribution is 0.323. The summed E-state index contributed by atoms with van der Waals surface area (Å²) in [5.41, 5.74) is 1.58. The summed E-state index contributed by atoms with van der Waals surface area (Å²) in [5, 5.41) is 7.48. The highest BCUT2D eigenvalue weighted by molar-refractivity contribution is 9.10. The van der Waals surface area contributed by atoms with Crippen molar-refractivity contribution in [3.63, 3.8) is 0 Å². The Bertz CT molecular complexity index is 805. The summed E-state index contributed by atoms with van der Waals surface area (Å²) in [5.74, 6) is 2.07. The molecule has 2 atom stereocenters. The average Bonchev–Trinajstić information content (AvgIpc) is 3.25.